The fourth-order valence-corrected chi connectivity index (χ4v) is 2.05. The van der Waals surface area contributed by atoms with Crippen molar-refractivity contribution in [2.24, 2.45) is 0 Å². The minimum atomic E-state index is 0.162. The molecule has 2 aromatic rings. The Kier molecular flexibility index (Phi) is 6.15. The van der Waals surface area contributed by atoms with Crippen LogP contribution in [0, 0.1) is 0 Å². The van der Waals surface area contributed by atoms with Crippen LogP contribution in [0.25, 0.3) is 0 Å². The molecule has 1 heterocycles. The number of aryl methyl sites for hydroxylation is 1. The lowest BCUT2D eigenvalue weighted by molar-refractivity contribution is 0.295. The zero-order valence-corrected chi connectivity index (χ0v) is 12.7. The van der Waals surface area contributed by atoms with Gasteiger partial charge in [0.05, 0.1) is 12.6 Å². The van der Waals surface area contributed by atoms with Crippen LogP contribution >= 0.6 is 0 Å². The van der Waals surface area contributed by atoms with Crippen LogP contribution in [0.15, 0.2) is 30.3 Å². The quantitative estimate of drug-likeness (QED) is 0.717. The van der Waals surface area contributed by atoms with Gasteiger partial charge in [0, 0.05) is 13.0 Å². The Labute approximate surface area is 125 Å². The van der Waals surface area contributed by atoms with Crippen LogP contribution in [0.1, 0.15) is 38.6 Å². The summed E-state index contributed by atoms with van der Waals surface area (Å²) in [5.41, 5.74) is 0. The van der Waals surface area contributed by atoms with E-state index < -0.39 is 0 Å². The molecule has 6 heteroatoms. The van der Waals surface area contributed by atoms with Crippen LogP contribution in [0.5, 0.6) is 5.75 Å². The van der Waals surface area contributed by atoms with Crippen molar-refractivity contribution in [3.8, 4) is 5.75 Å². The summed E-state index contributed by atoms with van der Waals surface area (Å²) in [4.78, 5) is 0. The van der Waals surface area contributed by atoms with Crippen LogP contribution in [-0.2, 0) is 6.54 Å². The molecule has 0 amide bonds. The van der Waals surface area contributed by atoms with Crippen molar-refractivity contribution in [2.45, 2.75) is 39.3 Å². The molecule has 2 rings (SSSR count). The molecule has 0 saturated heterocycles. The summed E-state index contributed by atoms with van der Waals surface area (Å²) in [5.74, 6) is 1.77. The molecule has 6 nitrogen and oxygen atoms in total. The summed E-state index contributed by atoms with van der Waals surface area (Å²) in [6.45, 7) is 6.60. The molecule has 1 unspecified atom stereocenters. The summed E-state index contributed by atoms with van der Waals surface area (Å²) in [6, 6.07) is 9.99. The molecule has 1 aromatic carbocycles. The number of hydrogen-bond acceptors (Lipinski definition) is 5. The Morgan fingerprint density at radius 2 is 2.10 bits per heavy atom. The van der Waals surface area contributed by atoms with Gasteiger partial charge >= 0.3 is 0 Å². The van der Waals surface area contributed by atoms with Crippen molar-refractivity contribution >= 4 is 0 Å². The zero-order valence-electron chi connectivity index (χ0n) is 12.7. The fourth-order valence-electron chi connectivity index (χ4n) is 2.05. The highest BCUT2D eigenvalue weighted by Crippen LogP contribution is 2.10. The van der Waals surface area contributed by atoms with E-state index in [-0.39, 0.29) is 6.04 Å². The van der Waals surface area contributed by atoms with E-state index in [4.69, 9.17) is 4.74 Å². The Morgan fingerprint density at radius 3 is 2.86 bits per heavy atom. The number of ether oxygens (including phenoxy) is 1. The van der Waals surface area contributed by atoms with Crippen LogP contribution in [0.4, 0.5) is 0 Å². The maximum atomic E-state index is 5.67. The van der Waals surface area contributed by atoms with E-state index in [1.807, 2.05) is 35.0 Å². The van der Waals surface area contributed by atoms with Crippen molar-refractivity contribution in [3.05, 3.63) is 36.2 Å². The number of benzene rings is 1. The molecule has 21 heavy (non-hydrogen) atoms. The molecular formula is C15H23N5O. The Balaban J connectivity index is 1.77. The lowest BCUT2D eigenvalue weighted by Gasteiger charge is -2.13. The molecule has 0 aliphatic rings. The van der Waals surface area contributed by atoms with Crippen LogP contribution in [0.3, 0.4) is 0 Å². The molecule has 0 saturated carbocycles. The van der Waals surface area contributed by atoms with Gasteiger partial charge in [0.15, 0.2) is 5.82 Å². The molecule has 1 aromatic heterocycles. The van der Waals surface area contributed by atoms with Crippen LogP contribution in [-0.4, -0.2) is 33.4 Å². The third-order valence-electron chi connectivity index (χ3n) is 3.17. The Bertz CT molecular complexity index is 514. The van der Waals surface area contributed by atoms with Crippen LogP contribution < -0.4 is 10.1 Å². The van der Waals surface area contributed by atoms with Gasteiger partial charge in [0.1, 0.15) is 5.75 Å². The standard InChI is InChI=1S/C15H23N5O/c1-3-10-16-13(2)15-17-18-19-20(15)11-7-12-21-14-8-5-4-6-9-14/h4-6,8-9,13,16H,3,7,10-12H2,1-2H3. The van der Waals surface area contributed by atoms with Crippen molar-refractivity contribution in [1.82, 2.24) is 25.5 Å². The average Bonchev–Trinajstić information content (AvgIpc) is 2.99. The van der Waals surface area contributed by atoms with Gasteiger partial charge in [0.25, 0.3) is 0 Å². The third-order valence-corrected chi connectivity index (χ3v) is 3.17. The second-order valence-corrected chi connectivity index (χ2v) is 4.95. The number of aromatic nitrogens is 4. The molecular weight excluding hydrogens is 266 g/mol. The van der Waals surface area contributed by atoms with E-state index >= 15 is 0 Å². The highest BCUT2D eigenvalue weighted by Gasteiger charge is 2.13. The predicted octanol–water partition coefficient (Wildman–Crippen LogP) is 2.20. The minimum Gasteiger partial charge on any atom is -0.494 e. The predicted molar refractivity (Wildman–Crippen MR) is 81.1 cm³/mol. The normalized spacial score (nSPS) is 12.3. The minimum absolute atomic E-state index is 0.162. The molecule has 0 fully saturated rings. The smallest absolute Gasteiger partial charge is 0.167 e. The summed E-state index contributed by atoms with van der Waals surface area (Å²) < 4.78 is 7.52. The average molecular weight is 289 g/mol. The first-order valence-electron chi connectivity index (χ1n) is 7.48. The number of nitrogens with one attached hydrogen (secondary N) is 1. The van der Waals surface area contributed by atoms with E-state index in [9.17, 15) is 0 Å². The molecule has 1 atom stereocenters. The number of tetrazole rings is 1. The Hall–Kier alpha value is -1.95. The molecule has 0 aliphatic carbocycles. The van der Waals surface area contributed by atoms with Gasteiger partial charge < -0.3 is 10.1 Å². The van der Waals surface area contributed by atoms with Crippen molar-refractivity contribution in [1.29, 1.82) is 0 Å². The van der Waals surface area contributed by atoms with Gasteiger partial charge in [-0.05, 0) is 42.4 Å². The first kappa shape index (κ1) is 15.4. The summed E-state index contributed by atoms with van der Waals surface area (Å²) in [5, 5.41) is 15.3. The topological polar surface area (TPSA) is 64.9 Å². The van der Waals surface area contributed by atoms with Gasteiger partial charge in [0.2, 0.25) is 0 Å². The van der Waals surface area contributed by atoms with Crippen molar-refractivity contribution in [3.63, 3.8) is 0 Å². The number of rotatable bonds is 9. The number of hydrogen-bond donors (Lipinski definition) is 1. The maximum absolute atomic E-state index is 5.67. The van der Waals surface area contributed by atoms with Crippen molar-refractivity contribution in [2.75, 3.05) is 13.2 Å². The van der Waals surface area contributed by atoms with E-state index in [1.165, 1.54) is 0 Å². The summed E-state index contributed by atoms with van der Waals surface area (Å²) >= 11 is 0. The maximum Gasteiger partial charge on any atom is 0.167 e. The second kappa shape index (κ2) is 8.36. The third kappa shape index (κ3) is 4.82. The molecule has 0 bridgehead atoms. The van der Waals surface area contributed by atoms with Gasteiger partial charge in [-0.2, -0.15) is 0 Å². The van der Waals surface area contributed by atoms with Gasteiger partial charge in [-0.15, -0.1) is 5.10 Å². The first-order valence-corrected chi connectivity index (χ1v) is 7.48. The number of para-hydroxylation sites is 1. The lowest BCUT2D eigenvalue weighted by Crippen LogP contribution is -2.23. The largest absolute Gasteiger partial charge is 0.494 e. The monoisotopic (exact) mass is 289 g/mol. The molecule has 0 aliphatic heterocycles. The number of nitrogens with zero attached hydrogens (tertiary/aromatic N) is 4. The van der Waals surface area contributed by atoms with Crippen LogP contribution in [0.2, 0.25) is 0 Å². The molecule has 0 radical (unpaired) electrons. The molecule has 1 N–H and O–H groups in total. The fraction of sp³-hybridized carbons (Fsp3) is 0.533. The molecule has 114 valence electrons. The first-order chi connectivity index (χ1) is 10.3. The van der Waals surface area contributed by atoms with E-state index in [0.717, 1.165) is 37.5 Å². The highest BCUT2D eigenvalue weighted by atomic mass is 16.5. The van der Waals surface area contributed by atoms with E-state index in [0.29, 0.717) is 6.61 Å². The van der Waals surface area contributed by atoms with E-state index in [2.05, 4.69) is 34.7 Å². The lowest BCUT2D eigenvalue weighted by atomic mass is 10.3. The van der Waals surface area contributed by atoms with E-state index in [1.54, 1.807) is 0 Å². The Morgan fingerprint density at radius 1 is 1.29 bits per heavy atom. The SMILES string of the molecule is CCCNC(C)c1nnnn1CCCOc1ccccc1. The second-order valence-electron chi connectivity index (χ2n) is 4.95. The molecule has 0 spiro atoms. The van der Waals surface area contributed by atoms with Crippen molar-refractivity contribution < 1.29 is 4.74 Å². The highest BCUT2D eigenvalue weighted by molar-refractivity contribution is 5.20. The van der Waals surface area contributed by atoms with Gasteiger partial charge in [-0.1, -0.05) is 25.1 Å². The van der Waals surface area contributed by atoms with Gasteiger partial charge in [-0.25, -0.2) is 4.68 Å². The van der Waals surface area contributed by atoms with Gasteiger partial charge in [-0.3, -0.25) is 0 Å². The summed E-state index contributed by atoms with van der Waals surface area (Å²) in [7, 11) is 0. The zero-order chi connectivity index (χ0) is 14.9. The summed E-state index contributed by atoms with van der Waals surface area (Å²) in [6.07, 6.45) is 1.96.